The Morgan fingerprint density at radius 2 is 2.11 bits per heavy atom. The SMILES string of the molecule is CS(=O)(=O)OC([C]=O)CNS(=O)(=O)c1cccs1. The van der Waals surface area contributed by atoms with Gasteiger partial charge in [-0.15, -0.1) is 11.3 Å². The van der Waals surface area contributed by atoms with Crippen LogP contribution >= 0.6 is 11.3 Å². The maximum absolute atomic E-state index is 11.6. The van der Waals surface area contributed by atoms with E-state index in [2.05, 4.69) is 8.91 Å². The fourth-order valence-corrected chi connectivity index (χ4v) is 3.58. The number of carbonyl (C=O) groups excluding carboxylic acids is 1. The van der Waals surface area contributed by atoms with Gasteiger partial charge in [0, 0.05) is 6.54 Å². The summed E-state index contributed by atoms with van der Waals surface area (Å²) in [5.41, 5.74) is 0. The summed E-state index contributed by atoms with van der Waals surface area (Å²) < 4.78 is 51.3. The first-order valence-corrected chi connectivity index (χ1v) is 8.71. The van der Waals surface area contributed by atoms with Crippen molar-refractivity contribution in [2.45, 2.75) is 10.3 Å². The van der Waals surface area contributed by atoms with E-state index in [4.69, 9.17) is 0 Å². The minimum absolute atomic E-state index is 0.0616. The topological polar surface area (TPSA) is 107 Å². The molecule has 0 bridgehead atoms. The van der Waals surface area contributed by atoms with Gasteiger partial charge in [-0.25, -0.2) is 13.1 Å². The molecule has 1 heterocycles. The Morgan fingerprint density at radius 3 is 2.56 bits per heavy atom. The molecule has 10 heteroatoms. The smallest absolute Gasteiger partial charge is 0.265 e. The van der Waals surface area contributed by atoms with E-state index < -0.39 is 32.8 Å². The van der Waals surface area contributed by atoms with E-state index in [0.29, 0.717) is 0 Å². The first-order chi connectivity index (χ1) is 8.24. The molecular weight excluding hydrogens is 302 g/mol. The fourth-order valence-electron chi connectivity index (χ4n) is 0.979. The average molecular weight is 312 g/mol. The van der Waals surface area contributed by atoms with E-state index in [1.807, 2.05) is 0 Å². The molecule has 1 radical (unpaired) electrons. The standard InChI is InChI=1S/C8H10NO6S3/c1-17(11,12)15-7(6-10)5-9-18(13,14)8-3-2-4-16-8/h2-4,7,9H,5H2,1H3. The molecule has 7 nitrogen and oxygen atoms in total. The summed E-state index contributed by atoms with van der Waals surface area (Å²) in [6.45, 7) is -0.503. The second kappa shape index (κ2) is 5.89. The van der Waals surface area contributed by atoms with Crippen LogP contribution in [0.2, 0.25) is 0 Å². The molecule has 0 spiro atoms. The van der Waals surface area contributed by atoms with Crippen molar-refractivity contribution in [1.82, 2.24) is 4.72 Å². The summed E-state index contributed by atoms with van der Waals surface area (Å²) in [4.78, 5) is 10.4. The van der Waals surface area contributed by atoms with E-state index in [9.17, 15) is 21.6 Å². The van der Waals surface area contributed by atoms with Crippen molar-refractivity contribution < 1.29 is 25.8 Å². The Labute approximate surface area is 109 Å². The van der Waals surface area contributed by atoms with E-state index in [1.54, 1.807) is 11.4 Å². The van der Waals surface area contributed by atoms with Crippen molar-refractivity contribution in [3.8, 4) is 0 Å². The largest absolute Gasteiger partial charge is 0.288 e. The zero-order valence-corrected chi connectivity index (χ0v) is 11.6. The lowest BCUT2D eigenvalue weighted by Crippen LogP contribution is -2.35. The summed E-state index contributed by atoms with van der Waals surface area (Å²) in [7, 11) is -7.61. The summed E-state index contributed by atoms with van der Waals surface area (Å²) in [6.07, 6.45) is 0.552. The molecule has 1 aromatic heterocycles. The predicted octanol–water partition coefficient (Wildman–Crippen LogP) is -0.519. The lowest BCUT2D eigenvalue weighted by Gasteiger charge is -2.10. The van der Waals surface area contributed by atoms with Crippen LogP contribution in [0.4, 0.5) is 0 Å². The maximum atomic E-state index is 11.6. The first-order valence-electron chi connectivity index (χ1n) is 4.54. The van der Waals surface area contributed by atoms with Crippen LogP contribution in [0.1, 0.15) is 0 Å². The van der Waals surface area contributed by atoms with Crippen LogP contribution in [0.15, 0.2) is 21.7 Å². The minimum atomic E-state index is -3.85. The van der Waals surface area contributed by atoms with Crippen LogP contribution in [0, 0.1) is 0 Å². The third-order valence-electron chi connectivity index (χ3n) is 1.64. The predicted molar refractivity (Wildman–Crippen MR) is 64.9 cm³/mol. The quantitative estimate of drug-likeness (QED) is 0.679. The van der Waals surface area contributed by atoms with Crippen LogP contribution < -0.4 is 4.72 Å². The molecule has 0 aromatic carbocycles. The number of hydrogen-bond donors (Lipinski definition) is 1. The van der Waals surface area contributed by atoms with Crippen LogP contribution in [0.25, 0.3) is 0 Å². The fraction of sp³-hybridized carbons (Fsp3) is 0.375. The van der Waals surface area contributed by atoms with E-state index in [0.717, 1.165) is 17.6 Å². The van der Waals surface area contributed by atoms with Gasteiger partial charge in [-0.2, -0.15) is 8.42 Å². The van der Waals surface area contributed by atoms with Gasteiger partial charge < -0.3 is 0 Å². The van der Waals surface area contributed by atoms with Crippen molar-refractivity contribution in [2.75, 3.05) is 12.8 Å². The molecule has 0 saturated carbocycles. The average Bonchev–Trinajstić information content (AvgIpc) is 2.76. The van der Waals surface area contributed by atoms with Gasteiger partial charge in [0.2, 0.25) is 16.3 Å². The molecular formula is C8H10NO6S3. The number of hydrogen-bond acceptors (Lipinski definition) is 7. The molecule has 1 aromatic rings. The van der Waals surface area contributed by atoms with Crippen molar-refractivity contribution in [3.63, 3.8) is 0 Å². The van der Waals surface area contributed by atoms with Crippen LogP contribution in [-0.4, -0.2) is 42.0 Å². The Bertz CT molecular complexity index is 589. The molecule has 0 amide bonds. The second-order valence-corrected chi connectivity index (χ2v) is 7.73. The van der Waals surface area contributed by atoms with Gasteiger partial charge in [0.1, 0.15) is 4.21 Å². The van der Waals surface area contributed by atoms with Gasteiger partial charge >= 0.3 is 0 Å². The highest BCUT2D eigenvalue weighted by atomic mass is 32.2. The molecule has 1 atom stereocenters. The third-order valence-corrected chi connectivity index (χ3v) is 5.04. The zero-order valence-electron chi connectivity index (χ0n) is 9.19. The highest BCUT2D eigenvalue weighted by Gasteiger charge is 2.21. The molecule has 0 aliphatic rings. The molecule has 101 valence electrons. The number of rotatable bonds is 7. The Morgan fingerprint density at radius 1 is 1.44 bits per heavy atom. The van der Waals surface area contributed by atoms with Gasteiger partial charge in [0.25, 0.3) is 10.1 Å². The summed E-state index contributed by atoms with van der Waals surface area (Å²) in [6, 6.07) is 2.93. The summed E-state index contributed by atoms with van der Waals surface area (Å²) in [5.74, 6) is 0. The Kier molecular flexibility index (Phi) is 4.99. The van der Waals surface area contributed by atoms with Gasteiger partial charge in [-0.05, 0) is 11.4 Å². The van der Waals surface area contributed by atoms with Crippen molar-refractivity contribution in [2.24, 2.45) is 0 Å². The van der Waals surface area contributed by atoms with Crippen molar-refractivity contribution in [3.05, 3.63) is 17.5 Å². The molecule has 1 rings (SSSR count). The number of nitrogens with one attached hydrogen (secondary N) is 1. The summed E-state index contributed by atoms with van der Waals surface area (Å²) in [5, 5.41) is 1.57. The first kappa shape index (κ1) is 15.2. The number of sulfonamides is 1. The van der Waals surface area contributed by atoms with Crippen molar-refractivity contribution >= 4 is 37.8 Å². The van der Waals surface area contributed by atoms with E-state index >= 15 is 0 Å². The Balaban J connectivity index is 2.67. The van der Waals surface area contributed by atoms with Crippen molar-refractivity contribution in [1.29, 1.82) is 0 Å². The minimum Gasteiger partial charge on any atom is -0.288 e. The van der Waals surface area contributed by atoms with Gasteiger partial charge in [0.05, 0.1) is 6.26 Å². The molecule has 0 saturated heterocycles. The van der Waals surface area contributed by atoms with E-state index in [-0.39, 0.29) is 4.21 Å². The highest BCUT2D eigenvalue weighted by Crippen LogP contribution is 2.15. The Hall–Kier alpha value is -0.810. The van der Waals surface area contributed by atoms with Crippen LogP contribution in [0.5, 0.6) is 0 Å². The lowest BCUT2D eigenvalue weighted by atomic mass is 10.4. The van der Waals surface area contributed by atoms with Gasteiger partial charge in [-0.1, -0.05) is 6.07 Å². The molecule has 0 aliphatic heterocycles. The van der Waals surface area contributed by atoms with Gasteiger partial charge in [-0.3, -0.25) is 8.98 Å². The number of thiophene rings is 1. The summed E-state index contributed by atoms with van der Waals surface area (Å²) >= 11 is 0.994. The third kappa shape index (κ3) is 4.82. The van der Waals surface area contributed by atoms with Gasteiger partial charge in [0.15, 0.2) is 6.10 Å². The monoisotopic (exact) mass is 312 g/mol. The molecule has 0 aliphatic carbocycles. The van der Waals surface area contributed by atoms with Crippen LogP contribution in [-0.2, 0) is 29.1 Å². The molecule has 0 fully saturated rings. The lowest BCUT2D eigenvalue weighted by molar-refractivity contribution is 0.269. The molecule has 18 heavy (non-hydrogen) atoms. The normalized spacial score (nSPS) is 14.3. The second-order valence-electron chi connectivity index (χ2n) is 3.19. The highest BCUT2D eigenvalue weighted by molar-refractivity contribution is 7.91. The van der Waals surface area contributed by atoms with E-state index in [1.165, 1.54) is 12.4 Å². The molecule has 1 N–H and O–H groups in total. The maximum Gasteiger partial charge on any atom is 0.265 e. The van der Waals surface area contributed by atoms with Crippen LogP contribution in [0.3, 0.4) is 0 Å². The zero-order chi connectivity index (χ0) is 13.8. The molecule has 1 unspecified atom stereocenters.